The molecule has 0 unspecified atom stereocenters. The number of carboxylic acids is 1. The van der Waals surface area contributed by atoms with Gasteiger partial charge in [0.25, 0.3) is 5.91 Å². The maximum absolute atomic E-state index is 13.5. The molecule has 4 heterocycles. The molecule has 3 aromatic heterocycles. The topological polar surface area (TPSA) is 113 Å². The van der Waals surface area contributed by atoms with E-state index in [1.165, 1.54) is 24.2 Å². The van der Waals surface area contributed by atoms with Gasteiger partial charge in [0.2, 0.25) is 0 Å². The van der Waals surface area contributed by atoms with Crippen molar-refractivity contribution in [1.82, 2.24) is 19.7 Å². The van der Waals surface area contributed by atoms with E-state index in [0.717, 1.165) is 39.1 Å². The number of rotatable bonds is 7. The summed E-state index contributed by atoms with van der Waals surface area (Å²) < 4.78 is 3.04. The molecule has 2 aliphatic carbocycles. The maximum Gasteiger partial charge on any atom is 0.355 e. The Morgan fingerprint density at radius 3 is 2.71 bits per heavy atom. The fourth-order valence-corrected chi connectivity index (χ4v) is 8.17. The summed E-state index contributed by atoms with van der Waals surface area (Å²) in [5.74, 6) is 1.16. The Labute approximate surface area is 264 Å². The van der Waals surface area contributed by atoms with Crippen LogP contribution in [0.15, 0.2) is 72.9 Å². The van der Waals surface area contributed by atoms with E-state index in [1.54, 1.807) is 6.20 Å². The number of carboxylic acid groups (broad SMARTS) is 1. The molecule has 3 atom stereocenters. The van der Waals surface area contributed by atoms with Crippen molar-refractivity contribution < 1.29 is 14.7 Å². The Hall–Kier alpha value is -4.83. The largest absolute Gasteiger partial charge is 0.476 e. The summed E-state index contributed by atoms with van der Waals surface area (Å²) in [7, 11) is 0. The van der Waals surface area contributed by atoms with Crippen LogP contribution in [0.25, 0.3) is 21.3 Å². The monoisotopic (exact) mass is 616 g/mol. The SMILES string of the molecule is Cc1c(-c2ccc(N3CCc4cccc(C(=O)Nc5nc6ccccc6s5)c4C3)nc2C(=O)O)cnn1C[C@@H]1C[C@H]2C=C[C@H]1C2. The minimum absolute atomic E-state index is 0.00525. The number of hydrogen-bond acceptors (Lipinski definition) is 7. The zero-order valence-electron chi connectivity index (χ0n) is 24.8. The minimum Gasteiger partial charge on any atom is -0.476 e. The number of para-hydroxylation sites is 1. The lowest BCUT2D eigenvalue weighted by Crippen LogP contribution is -2.33. The summed E-state index contributed by atoms with van der Waals surface area (Å²) >= 11 is 1.44. The smallest absolute Gasteiger partial charge is 0.355 e. The average molecular weight is 617 g/mol. The van der Waals surface area contributed by atoms with E-state index in [1.807, 2.05) is 71.1 Å². The van der Waals surface area contributed by atoms with Crippen LogP contribution in [0, 0.1) is 24.7 Å². The highest BCUT2D eigenvalue weighted by molar-refractivity contribution is 7.22. The molecule has 8 rings (SSSR count). The molecule has 0 saturated heterocycles. The van der Waals surface area contributed by atoms with Crippen LogP contribution in [0.3, 0.4) is 0 Å². The molecule has 1 fully saturated rings. The summed E-state index contributed by atoms with van der Waals surface area (Å²) in [5, 5.41) is 18.4. The van der Waals surface area contributed by atoms with E-state index >= 15 is 0 Å². The second kappa shape index (κ2) is 11.0. The quantitative estimate of drug-likeness (QED) is 0.198. The summed E-state index contributed by atoms with van der Waals surface area (Å²) in [5.41, 5.74) is 5.77. The molecular weight excluding hydrogens is 584 g/mol. The van der Waals surface area contributed by atoms with Gasteiger partial charge in [0, 0.05) is 42.0 Å². The van der Waals surface area contributed by atoms with Crippen LogP contribution in [-0.4, -0.2) is 43.3 Å². The van der Waals surface area contributed by atoms with Gasteiger partial charge >= 0.3 is 5.97 Å². The number of allylic oxidation sites excluding steroid dienone is 2. The predicted octanol–water partition coefficient (Wildman–Crippen LogP) is 6.59. The lowest BCUT2D eigenvalue weighted by atomic mass is 9.93. The van der Waals surface area contributed by atoms with Crippen molar-refractivity contribution in [3.8, 4) is 11.1 Å². The summed E-state index contributed by atoms with van der Waals surface area (Å²) in [6, 6.07) is 17.3. The summed E-state index contributed by atoms with van der Waals surface area (Å²) in [6.07, 6.45) is 9.61. The van der Waals surface area contributed by atoms with Crippen LogP contribution in [0.4, 0.5) is 10.9 Å². The van der Waals surface area contributed by atoms with Gasteiger partial charge in [-0.1, -0.05) is 47.8 Å². The van der Waals surface area contributed by atoms with Crippen molar-refractivity contribution in [3.63, 3.8) is 0 Å². The first kappa shape index (κ1) is 27.7. The highest BCUT2D eigenvalue weighted by atomic mass is 32.1. The number of amides is 1. The van der Waals surface area contributed by atoms with Gasteiger partial charge in [0.1, 0.15) is 5.82 Å². The van der Waals surface area contributed by atoms with Crippen LogP contribution >= 0.6 is 11.3 Å². The number of fused-ring (bicyclic) bond motifs is 4. The number of thiazole rings is 1. The van der Waals surface area contributed by atoms with Gasteiger partial charge in [-0.2, -0.15) is 5.10 Å². The Kier molecular flexibility index (Phi) is 6.74. The first-order valence-electron chi connectivity index (χ1n) is 15.4. The number of aromatic nitrogens is 4. The van der Waals surface area contributed by atoms with E-state index in [0.29, 0.717) is 59.3 Å². The number of anilines is 2. The van der Waals surface area contributed by atoms with E-state index in [2.05, 4.69) is 32.5 Å². The van der Waals surface area contributed by atoms with Crippen LogP contribution in [0.1, 0.15) is 50.5 Å². The molecule has 0 spiro atoms. The Bertz CT molecular complexity index is 1980. The van der Waals surface area contributed by atoms with E-state index in [-0.39, 0.29) is 11.6 Å². The minimum atomic E-state index is -1.08. The summed E-state index contributed by atoms with van der Waals surface area (Å²) in [4.78, 5) is 37.3. The average Bonchev–Trinajstić information content (AvgIpc) is 3.85. The first-order chi connectivity index (χ1) is 21.9. The molecule has 2 aromatic carbocycles. The number of carbonyl (C=O) groups excluding carboxylic acids is 1. The van der Waals surface area contributed by atoms with Crippen molar-refractivity contribution in [1.29, 1.82) is 0 Å². The van der Waals surface area contributed by atoms with Gasteiger partial charge in [-0.3, -0.25) is 14.8 Å². The molecular formula is C35H32N6O3S. The van der Waals surface area contributed by atoms with Crippen molar-refractivity contribution >= 4 is 44.4 Å². The van der Waals surface area contributed by atoms with Crippen molar-refractivity contribution in [3.05, 3.63) is 101 Å². The van der Waals surface area contributed by atoms with Gasteiger partial charge in [0.05, 0.1) is 16.4 Å². The van der Waals surface area contributed by atoms with E-state index in [9.17, 15) is 14.7 Å². The molecule has 1 aliphatic heterocycles. The van der Waals surface area contributed by atoms with Gasteiger partial charge in [-0.15, -0.1) is 0 Å². The third kappa shape index (κ3) is 4.99. The Morgan fingerprint density at radius 1 is 1.02 bits per heavy atom. The second-order valence-corrected chi connectivity index (χ2v) is 13.3. The Balaban J connectivity index is 1.05. The van der Waals surface area contributed by atoms with Crippen LogP contribution in [-0.2, 0) is 19.5 Å². The molecule has 10 heteroatoms. The summed E-state index contributed by atoms with van der Waals surface area (Å²) in [6.45, 7) is 3.95. The molecule has 2 bridgehead atoms. The second-order valence-electron chi connectivity index (χ2n) is 12.3. The highest BCUT2D eigenvalue weighted by Gasteiger charge is 2.36. The molecule has 2 N–H and O–H groups in total. The number of benzene rings is 2. The number of pyridine rings is 1. The van der Waals surface area contributed by atoms with Crippen LogP contribution in [0.5, 0.6) is 0 Å². The van der Waals surface area contributed by atoms with Crippen molar-refractivity contribution in [2.75, 3.05) is 16.8 Å². The first-order valence-corrected chi connectivity index (χ1v) is 16.2. The normalized spacial score (nSPS) is 20.1. The van der Waals surface area contributed by atoms with Crippen LogP contribution < -0.4 is 10.2 Å². The third-order valence-corrected chi connectivity index (χ3v) is 10.6. The van der Waals surface area contributed by atoms with Gasteiger partial charge in [0.15, 0.2) is 10.8 Å². The molecule has 0 radical (unpaired) electrons. The molecule has 5 aromatic rings. The third-order valence-electron chi connectivity index (χ3n) is 9.66. The number of hydrogen-bond donors (Lipinski definition) is 2. The molecule has 45 heavy (non-hydrogen) atoms. The Morgan fingerprint density at radius 2 is 1.91 bits per heavy atom. The zero-order chi connectivity index (χ0) is 30.7. The zero-order valence-corrected chi connectivity index (χ0v) is 25.6. The van der Waals surface area contributed by atoms with Crippen LogP contribution in [0.2, 0.25) is 0 Å². The highest BCUT2D eigenvalue weighted by Crippen LogP contribution is 2.44. The van der Waals surface area contributed by atoms with Gasteiger partial charge in [-0.25, -0.2) is 14.8 Å². The van der Waals surface area contributed by atoms with E-state index < -0.39 is 5.97 Å². The number of nitrogens with zero attached hydrogens (tertiary/aromatic N) is 5. The standard InChI is InChI=1S/C35H32N6O3S/c1-20-27(17-36-41(20)18-24-16-21-9-10-23(24)15-21)25-11-12-31(38-32(25)34(43)44)40-14-13-22-5-4-6-26(28(22)19-40)33(42)39-35-37-29-7-2-3-8-30(29)45-35/h2-12,17,21,23-24H,13-16,18-19H2,1H3,(H,43,44)(H,37,39,42)/t21-,23-,24-/m0/s1. The predicted molar refractivity (Wildman–Crippen MR) is 175 cm³/mol. The molecule has 226 valence electrons. The number of aromatic carboxylic acids is 1. The van der Waals surface area contributed by atoms with E-state index in [4.69, 9.17) is 0 Å². The van der Waals surface area contributed by atoms with Gasteiger partial charge < -0.3 is 10.0 Å². The molecule has 1 saturated carbocycles. The molecule has 3 aliphatic rings. The van der Waals surface area contributed by atoms with Gasteiger partial charge in [-0.05, 0) is 85.4 Å². The molecule has 1 amide bonds. The lowest BCUT2D eigenvalue weighted by Gasteiger charge is -2.31. The number of nitrogens with one attached hydrogen (secondary N) is 1. The lowest BCUT2D eigenvalue weighted by molar-refractivity contribution is 0.0691. The maximum atomic E-state index is 13.5. The number of carbonyl (C=O) groups is 2. The fraction of sp³-hybridized carbons (Fsp3) is 0.286. The van der Waals surface area contributed by atoms with Crippen molar-refractivity contribution in [2.45, 2.75) is 39.3 Å². The fourth-order valence-electron chi connectivity index (χ4n) is 7.31. The molecule has 9 nitrogen and oxygen atoms in total. The van der Waals surface area contributed by atoms with Crippen molar-refractivity contribution in [2.24, 2.45) is 17.8 Å².